The maximum atomic E-state index is 12.6. The van der Waals surface area contributed by atoms with Crippen LogP contribution in [0.2, 0.25) is 0 Å². The van der Waals surface area contributed by atoms with Gasteiger partial charge in [0.1, 0.15) is 11.5 Å². The minimum Gasteiger partial charge on any atom is -0.342 e. The number of benzene rings is 1. The number of fused-ring (bicyclic) bond motifs is 1. The van der Waals surface area contributed by atoms with Crippen molar-refractivity contribution in [3.05, 3.63) is 83.4 Å². The second-order valence-electron chi connectivity index (χ2n) is 8.97. The normalized spacial score (nSPS) is 11.3. The van der Waals surface area contributed by atoms with Gasteiger partial charge in [-0.25, -0.2) is 14.6 Å². The molecule has 1 aromatic carbocycles. The molecule has 3 heterocycles. The van der Waals surface area contributed by atoms with E-state index in [1.54, 1.807) is 17.9 Å². The quantitative estimate of drug-likeness (QED) is 0.342. The zero-order valence-electron chi connectivity index (χ0n) is 21.0. The van der Waals surface area contributed by atoms with Crippen molar-refractivity contribution in [2.45, 2.75) is 52.6 Å². The van der Waals surface area contributed by atoms with Gasteiger partial charge in [0, 0.05) is 38.9 Å². The van der Waals surface area contributed by atoms with E-state index in [0.29, 0.717) is 31.0 Å². The van der Waals surface area contributed by atoms with Crippen molar-refractivity contribution in [1.82, 2.24) is 28.2 Å². The number of nitrogens with one attached hydrogen (secondary N) is 2. The Bertz CT molecular complexity index is 1620. The highest BCUT2D eigenvalue weighted by Gasteiger charge is 2.14. The van der Waals surface area contributed by atoms with Crippen LogP contribution in [0.25, 0.3) is 11.2 Å². The first-order valence-electron chi connectivity index (χ1n) is 12.0. The Kier molecular flexibility index (Phi) is 7.09. The Morgan fingerprint density at radius 2 is 1.72 bits per heavy atom. The monoisotopic (exact) mass is 493 g/mol. The molecule has 4 rings (SSSR count). The van der Waals surface area contributed by atoms with Crippen molar-refractivity contribution < 1.29 is 0 Å². The van der Waals surface area contributed by atoms with E-state index in [9.17, 15) is 19.2 Å². The number of aromatic amines is 1. The summed E-state index contributed by atoms with van der Waals surface area (Å²) in [5.74, 6) is 0.357. The van der Waals surface area contributed by atoms with Gasteiger partial charge in [-0.05, 0) is 55.9 Å². The molecule has 2 N–H and O–H groups in total. The topological polar surface area (TPSA) is 129 Å². The Labute approximate surface area is 206 Å². The molecular weight excluding hydrogens is 462 g/mol. The second kappa shape index (κ2) is 10.2. The summed E-state index contributed by atoms with van der Waals surface area (Å²) in [5, 5.41) is 3.11. The molecule has 0 unspecified atom stereocenters. The fourth-order valence-electron chi connectivity index (χ4n) is 4.42. The predicted octanol–water partition coefficient (Wildman–Crippen LogP) is 1.77. The van der Waals surface area contributed by atoms with Crippen LogP contribution in [0.4, 0.5) is 11.5 Å². The second-order valence-corrected chi connectivity index (χ2v) is 8.97. The van der Waals surface area contributed by atoms with E-state index < -0.39 is 16.9 Å². The maximum absolute atomic E-state index is 12.6. The summed E-state index contributed by atoms with van der Waals surface area (Å²) in [7, 11) is 3.04. The number of nitrogens with zero attached hydrogens (tertiary/aromatic N) is 5. The lowest BCUT2D eigenvalue weighted by molar-refractivity contribution is 0.526. The smallest absolute Gasteiger partial charge is 0.332 e. The van der Waals surface area contributed by atoms with Crippen LogP contribution in [-0.2, 0) is 33.6 Å². The number of anilines is 2. The van der Waals surface area contributed by atoms with Crippen LogP contribution in [0.15, 0.2) is 49.8 Å². The lowest BCUT2D eigenvalue weighted by atomic mass is 10.1. The number of aryl methyl sites for hydroxylation is 4. The molecule has 0 bridgehead atoms. The van der Waals surface area contributed by atoms with Crippen molar-refractivity contribution in [3.63, 3.8) is 0 Å². The zero-order valence-corrected chi connectivity index (χ0v) is 21.0. The molecule has 3 aromatic heterocycles. The van der Waals surface area contributed by atoms with Gasteiger partial charge in [-0.1, -0.05) is 13.0 Å². The van der Waals surface area contributed by atoms with Crippen LogP contribution < -0.4 is 27.8 Å². The summed E-state index contributed by atoms with van der Waals surface area (Å²) in [5.41, 5.74) is 2.30. The van der Waals surface area contributed by atoms with Crippen LogP contribution in [0.5, 0.6) is 0 Å². The highest BCUT2D eigenvalue weighted by molar-refractivity contribution is 5.69. The lowest BCUT2D eigenvalue weighted by Gasteiger charge is -2.11. The first kappa shape index (κ1) is 25.0. The van der Waals surface area contributed by atoms with Crippen LogP contribution in [0.1, 0.15) is 37.3 Å². The van der Waals surface area contributed by atoms with Crippen LogP contribution in [0, 0.1) is 6.92 Å². The van der Waals surface area contributed by atoms with Gasteiger partial charge >= 0.3 is 11.4 Å². The number of rotatable bonds is 9. The fraction of sp³-hybridized carbons (Fsp3) is 0.400. The highest BCUT2D eigenvalue weighted by Crippen LogP contribution is 2.18. The van der Waals surface area contributed by atoms with Gasteiger partial charge in [0.05, 0.1) is 6.33 Å². The maximum Gasteiger partial charge on any atom is 0.332 e. The summed E-state index contributed by atoms with van der Waals surface area (Å²) >= 11 is 0. The Hall–Kier alpha value is -4.15. The van der Waals surface area contributed by atoms with Gasteiger partial charge in [-0.2, -0.15) is 0 Å². The summed E-state index contributed by atoms with van der Waals surface area (Å²) in [6, 6.07) is 7.33. The Balaban J connectivity index is 1.37. The van der Waals surface area contributed by atoms with E-state index >= 15 is 0 Å². The number of unbranched alkanes of at least 4 members (excludes halogenated alkanes) is 2. The highest BCUT2D eigenvalue weighted by atomic mass is 16.2. The molecule has 0 saturated carbocycles. The average molecular weight is 494 g/mol. The van der Waals surface area contributed by atoms with E-state index in [1.165, 1.54) is 33.4 Å². The van der Waals surface area contributed by atoms with Gasteiger partial charge < -0.3 is 9.88 Å². The Morgan fingerprint density at radius 1 is 0.972 bits per heavy atom. The Morgan fingerprint density at radius 3 is 2.44 bits per heavy atom. The largest absolute Gasteiger partial charge is 0.342 e. The predicted molar refractivity (Wildman–Crippen MR) is 139 cm³/mol. The minimum absolute atomic E-state index is 0.253. The van der Waals surface area contributed by atoms with E-state index in [1.807, 2.05) is 25.1 Å². The number of aromatic nitrogens is 6. The molecule has 0 radical (unpaired) electrons. The standard InChI is InChI=1S/C25H31N7O4/c1-5-17-13-18(10-9-16(17)2)27-19-14-20(33)32(24(35)28-19)12-8-6-7-11-31-15-26-21-22(31)29(3)25(36)30(4)23(21)34/h9-10,13-15,27H,5-8,11-12H2,1-4H3,(H,28,35). The molecule has 0 aliphatic heterocycles. The van der Waals surface area contributed by atoms with Crippen molar-refractivity contribution in [2.24, 2.45) is 14.1 Å². The number of hydrogen-bond acceptors (Lipinski definition) is 6. The van der Waals surface area contributed by atoms with Crippen LogP contribution in [-0.4, -0.2) is 28.2 Å². The molecule has 11 nitrogen and oxygen atoms in total. The minimum atomic E-state index is -0.459. The first-order valence-corrected chi connectivity index (χ1v) is 12.0. The third-order valence-corrected chi connectivity index (χ3v) is 6.52. The van der Waals surface area contributed by atoms with E-state index in [0.717, 1.165) is 29.5 Å². The molecule has 0 fully saturated rings. The van der Waals surface area contributed by atoms with Gasteiger partial charge in [-0.15, -0.1) is 0 Å². The molecule has 0 spiro atoms. The molecule has 11 heteroatoms. The van der Waals surface area contributed by atoms with E-state index in [2.05, 4.69) is 22.2 Å². The summed E-state index contributed by atoms with van der Waals surface area (Å²) < 4.78 is 5.43. The third-order valence-electron chi connectivity index (χ3n) is 6.52. The first-order chi connectivity index (χ1) is 17.2. The van der Waals surface area contributed by atoms with Gasteiger partial charge in [-0.3, -0.25) is 28.3 Å². The van der Waals surface area contributed by atoms with E-state index in [4.69, 9.17) is 0 Å². The summed E-state index contributed by atoms with van der Waals surface area (Å²) in [4.78, 5) is 56.6. The van der Waals surface area contributed by atoms with Crippen LogP contribution >= 0.6 is 0 Å². The zero-order chi connectivity index (χ0) is 26.0. The number of H-pyrrole nitrogens is 1. The number of hydrogen-bond donors (Lipinski definition) is 2. The van der Waals surface area contributed by atoms with E-state index in [-0.39, 0.29) is 11.1 Å². The molecule has 0 aliphatic rings. The molecule has 36 heavy (non-hydrogen) atoms. The van der Waals surface area contributed by atoms with Crippen molar-refractivity contribution in [2.75, 3.05) is 5.32 Å². The molecule has 190 valence electrons. The lowest BCUT2D eigenvalue weighted by Crippen LogP contribution is -2.37. The number of imidazole rings is 1. The molecule has 0 aliphatic carbocycles. The SMILES string of the molecule is CCc1cc(Nc2cc(=O)n(CCCCCn3cnc4c(=O)n(C)c(=O)n(C)c43)c(=O)[nH]2)ccc1C. The summed E-state index contributed by atoms with van der Waals surface area (Å²) in [6.45, 7) is 4.98. The van der Waals surface area contributed by atoms with Gasteiger partial charge in [0.25, 0.3) is 11.1 Å². The van der Waals surface area contributed by atoms with Crippen molar-refractivity contribution in [3.8, 4) is 0 Å². The molecule has 4 aromatic rings. The molecule has 0 amide bonds. The van der Waals surface area contributed by atoms with Gasteiger partial charge in [0.2, 0.25) is 0 Å². The van der Waals surface area contributed by atoms with Crippen molar-refractivity contribution in [1.29, 1.82) is 0 Å². The third kappa shape index (κ3) is 4.81. The van der Waals surface area contributed by atoms with Gasteiger partial charge in [0.15, 0.2) is 5.52 Å². The van der Waals surface area contributed by atoms with Crippen LogP contribution in [0.3, 0.4) is 0 Å². The average Bonchev–Trinajstić information content (AvgIpc) is 3.28. The molecule has 0 atom stereocenters. The molecule has 0 saturated heterocycles. The molecular formula is C25H31N7O4. The fourth-order valence-corrected chi connectivity index (χ4v) is 4.42. The van der Waals surface area contributed by atoms with Crippen molar-refractivity contribution >= 4 is 22.7 Å². The summed E-state index contributed by atoms with van der Waals surface area (Å²) in [6.07, 6.45) is 4.56.